The smallest absolute Gasteiger partial charge is 0.243 e. The molecule has 1 N–H and O–H groups in total. The minimum absolute atomic E-state index is 0.105. The fraction of sp³-hybridized carbons (Fsp3) is 0.273. The molecule has 0 atom stereocenters. The van der Waals surface area contributed by atoms with Crippen LogP contribution in [-0.4, -0.2) is 42.5 Å². The number of amides is 1. The minimum atomic E-state index is -3.52. The van der Waals surface area contributed by atoms with Crippen LogP contribution in [0.15, 0.2) is 64.5 Å². The fourth-order valence-corrected chi connectivity index (χ4v) is 5.41. The first-order chi connectivity index (χ1) is 14.3. The van der Waals surface area contributed by atoms with Crippen molar-refractivity contribution in [3.05, 3.63) is 60.2 Å². The molecular weight excluding hydrogens is 418 g/mol. The van der Waals surface area contributed by atoms with Crippen LogP contribution in [0.2, 0.25) is 0 Å². The number of fused-ring (bicyclic) bond motifs is 1. The van der Waals surface area contributed by atoms with Gasteiger partial charge in [0.1, 0.15) is 0 Å². The zero-order valence-electron chi connectivity index (χ0n) is 17.3. The molecule has 0 aliphatic heterocycles. The maximum absolute atomic E-state index is 12.8. The van der Waals surface area contributed by atoms with Gasteiger partial charge in [0.2, 0.25) is 15.9 Å². The molecule has 158 valence electrons. The van der Waals surface area contributed by atoms with Crippen molar-refractivity contribution < 1.29 is 13.2 Å². The number of benzene rings is 2. The normalized spacial score (nSPS) is 11.7. The Morgan fingerprint density at radius 2 is 1.77 bits per heavy atom. The summed E-state index contributed by atoms with van der Waals surface area (Å²) in [6.07, 6.45) is 0. The second-order valence-electron chi connectivity index (χ2n) is 6.75. The van der Waals surface area contributed by atoms with Gasteiger partial charge in [0.25, 0.3) is 0 Å². The lowest BCUT2D eigenvalue weighted by atomic mass is 10.1. The Morgan fingerprint density at radius 1 is 1.07 bits per heavy atom. The van der Waals surface area contributed by atoms with E-state index in [-0.39, 0.29) is 16.6 Å². The molecule has 3 rings (SSSR count). The van der Waals surface area contributed by atoms with Gasteiger partial charge < -0.3 is 5.32 Å². The van der Waals surface area contributed by atoms with E-state index in [0.717, 1.165) is 21.7 Å². The molecule has 8 heteroatoms. The number of carbonyl (C=O) groups is 1. The lowest BCUT2D eigenvalue weighted by Crippen LogP contribution is -2.30. The molecule has 0 aliphatic carbocycles. The second-order valence-corrected chi connectivity index (χ2v) is 9.68. The summed E-state index contributed by atoms with van der Waals surface area (Å²) in [6, 6.07) is 16.2. The summed E-state index contributed by atoms with van der Waals surface area (Å²) in [5.41, 5.74) is 2.38. The van der Waals surface area contributed by atoms with Crippen LogP contribution in [0.5, 0.6) is 0 Å². The predicted octanol–water partition coefficient (Wildman–Crippen LogP) is 4.30. The largest absolute Gasteiger partial charge is 0.325 e. The monoisotopic (exact) mass is 443 g/mol. The lowest BCUT2D eigenvalue weighted by molar-refractivity contribution is -0.113. The summed E-state index contributed by atoms with van der Waals surface area (Å²) >= 11 is 1.35. The molecule has 1 aromatic heterocycles. The van der Waals surface area contributed by atoms with E-state index in [1.54, 1.807) is 18.2 Å². The van der Waals surface area contributed by atoms with E-state index in [2.05, 4.69) is 10.3 Å². The van der Waals surface area contributed by atoms with E-state index in [4.69, 9.17) is 0 Å². The third-order valence-corrected chi connectivity index (χ3v) is 7.67. The molecule has 2 aromatic carbocycles. The number of para-hydroxylation sites is 1. The number of thioether (sulfide) groups is 1. The van der Waals surface area contributed by atoms with Gasteiger partial charge in [-0.05, 0) is 48.9 Å². The molecule has 1 amide bonds. The van der Waals surface area contributed by atoms with E-state index >= 15 is 0 Å². The zero-order chi connectivity index (χ0) is 21.7. The quantitative estimate of drug-likeness (QED) is 0.525. The van der Waals surface area contributed by atoms with Crippen molar-refractivity contribution in [2.24, 2.45) is 0 Å². The summed E-state index contributed by atoms with van der Waals surface area (Å²) in [5.74, 6) is 0.132. The average molecular weight is 444 g/mol. The lowest BCUT2D eigenvalue weighted by Gasteiger charge is -2.19. The number of aromatic nitrogens is 1. The molecule has 0 spiro atoms. The van der Waals surface area contributed by atoms with Crippen molar-refractivity contribution in [2.45, 2.75) is 30.7 Å². The molecule has 0 saturated carbocycles. The van der Waals surface area contributed by atoms with Crippen molar-refractivity contribution in [1.82, 2.24) is 9.29 Å². The van der Waals surface area contributed by atoms with Crippen LogP contribution in [0.1, 0.15) is 19.4 Å². The van der Waals surface area contributed by atoms with Crippen molar-refractivity contribution in [3.63, 3.8) is 0 Å². The highest BCUT2D eigenvalue weighted by atomic mass is 32.2. The number of nitrogens with zero attached hydrogens (tertiary/aromatic N) is 2. The van der Waals surface area contributed by atoms with Crippen molar-refractivity contribution in [3.8, 4) is 0 Å². The first kappa shape index (κ1) is 22.3. The Labute approximate surface area is 181 Å². The second kappa shape index (κ2) is 9.59. The highest BCUT2D eigenvalue weighted by Gasteiger charge is 2.22. The maximum atomic E-state index is 12.8. The molecule has 0 saturated heterocycles. The molecule has 0 radical (unpaired) electrons. The third kappa shape index (κ3) is 5.00. The van der Waals surface area contributed by atoms with Gasteiger partial charge in [-0.25, -0.2) is 13.4 Å². The number of sulfonamides is 1. The van der Waals surface area contributed by atoms with Gasteiger partial charge >= 0.3 is 0 Å². The van der Waals surface area contributed by atoms with Gasteiger partial charge in [-0.15, -0.1) is 0 Å². The topological polar surface area (TPSA) is 79.4 Å². The van der Waals surface area contributed by atoms with Crippen LogP contribution >= 0.6 is 11.8 Å². The number of aryl methyl sites for hydroxylation is 1. The number of hydrogen-bond acceptors (Lipinski definition) is 5. The molecule has 6 nitrogen and oxygen atoms in total. The Bertz CT molecular complexity index is 1150. The summed E-state index contributed by atoms with van der Waals surface area (Å²) in [7, 11) is -3.52. The van der Waals surface area contributed by atoms with Crippen molar-refractivity contribution >= 4 is 44.3 Å². The standard InChI is InChI=1S/C22H25N3O3S2/c1-4-25(5-2)30(27,28)18-11-12-20-19(14-18)16(3)13-22(24-20)29-15-21(26)23-17-9-7-6-8-10-17/h6-14H,4-5,15H2,1-3H3,(H,23,26). The summed E-state index contributed by atoms with van der Waals surface area (Å²) < 4.78 is 27.0. The SMILES string of the molecule is CCN(CC)S(=O)(=O)c1ccc2nc(SCC(=O)Nc3ccccc3)cc(C)c2c1. The molecule has 30 heavy (non-hydrogen) atoms. The zero-order valence-corrected chi connectivity index (χ0v) is 18.9. The Kier molecular flexibility index (Phi) is 7.12. The first-order valence-electron chi connectivity index (χ1n) is 9.74. The third-order valence-electron chi connectivity index (χ3n) is 4.72. The Morgan fingerprint density at radius 3 is 2.43 bits per heavy atom. The number of anilines is 1. The first-order valence-corrected chi connectivity index (χ1v) is 12.2. The number of hydrogen-bond donors (Lipinski definition) is 1. The van der Waals surface area contributed by atoms with Gasteiger partial charge in [-0.1, -0.05) is 43.8 Å². The number of rotatable bonds is 8. The predicted molar refractivity (Wildman–Crippen MR) is 122 cm³/mol. The van der Waals surface area contributed by atoms with Crippen LogP contribution in [0, 0.1) is 6.92 Å². The minimum Gasteiger partial charge on any atom is -0.325 e. The molecule has 3 aromatic rings. The Hall–Kier alpha value is -2.42. The van der Waals surface area contributed by atoms with Gasteiger partial charge in [0.15, 0.2) is 0 Å². The van der Waals surface area contributed by atoms with Gasteiger partial charge in [0.05, 0.1) is 21.2 Å². The highest BCUT2D eigenvalue weighted by Crippen LogP contribution is 2.27. The number of carbonyl (C=O) groups excluding carboxylic acids is 1. The van der Waals surface area contributed by atoms with E-state index in [1.807, 2.05) is 57.2 Å². The number of nitrogens with one attached hydrogen (secondary N) is 1. The van der Waals surface area contributed by atoms with E-state index in [0.29, 0.717) is 18.6 Å². The Balaban J connectivity index is 1.78. The van der Waals surface area contributed by atoms with Crippen LogP contribution in [0.25, 0.3) is 10.9 Å². The van der Waals surface area contributed by atoms with Gasteiger partial charge in [-0.2, -0.15) is 4.31 Å². The molecule has 0 unspecified atom stereocenters. The van der Waals surface area contributed by atoms with Gasteiger partial charge in [0, 0.05) is 24.2 Å². The number of pyridine rings is 1. The van der Waals surface area contributed by atoms with E-state index < -0.39 is 10.0 Å². The summed E-state index contributed by atoms with van der Waals surface area (Å²) in [4.78, 5) is 17.0. The molecule has 1 heterocycles. The highest BCUT2D eigenvalue weighted by molar-refractivity contribution is 7.99. The van der Waals surface area contributed by atoms with E-state index in [1.165, 1.54) is 16.1 Å². The van der Waals surface area contributed by atoms with Crippen LogP contribution in [0.3, 0.4) is 0 Å². The van der Waals surface area contributed by atoms with Crippen LogP contribution < -0.4 is 5.32 Å². The van der Waals surface area contributed by atoms with E-state index in [9.17, 15) is 13.2 Å². The summed E-state index contributed by atoms with van der Waals surface area (Å²) in [5, 5.41) is 4.37. The van der Waals surface area contributed by atoms with Crippen LogP contribution in [0.4, 0.5) is 5.69 Å². The molecule has 0 bridgehead atoms. The molecular formula is C22H25N3O3S2. The summed E-state index contributed by atoms with van der Waals surface area (Å²) in [6.45, 7) is 6.42. The maximum Gasteiger partial charge on any atom is 0.243 e. The molecule has 0 fully saturated rings. The molecule has 0 aliphatic rings. The average Bonchev–Trinajstić information content (AvgIpc) is 2.73. The van der Waals surface area contributed by atoms with Gasteiger partial charge in [-0.3, -0.25) is 4.79 Å². The van der Waals surface area contributed by atoms with Crippen molar-refractivity contribution in [2.75, 3.05) is 24.2 Å². The van der Waals surface area contributed by atoms with Crippen LogP contribution in [-0.2, 0) is 14.8 Å². The van der Waals surface area contributed by atoms with Crippen molar-refractivity contribution in [1.29, 1.82) is 0 Å². The fourth-order valence-electron chi connectivity index (χ4n) is 3.15.